The van der Waals surface area contributed by atoms with Crippen molar-refractivity contribution in [1.29, 1.82) is 0 Å². The van der Waals surface area contributed by atoms with Crippen molar-refractivity contribution in [3.8, 4) is 0 Å². The molecule has 31 heavy (non-hydrogen) atoms. The van der Waals surface area contributed by atoms with Gasteiger partial charge in [-0.05, 0) is 48.5 Å². The Morgan fingerprint density at radius 2 is 1.65 bits per heavy atom. The van der Waals surface area contributed by atoms with E-state index in [1.165, 1.54) is 4.90 Å². The summed E-state index contributed by atoms with van der Waals surface area (Å²) in [6, 6.07) is 22.6. The number of urea groups is 1. The first-order chi connectivity index (χ1) is 14.8. The summed E-state index contributed by atoms with van der Waals surface area (Å²) in [6.07, 6.45) is 0. The second-order valence-electron chi connectivity index (χ2n) is 7.82. The van der Waals surface area contributed by atoms with E-state index in [0.717, 1.165) is 21.3 Å². The molecule has 1 saturated heterocycles. The van der Waals surface area contributed by atoms with Crippen LogP contribution >= 0.6 is 15.9 Å². The van der Waals surface area contributed by atoms with E-state index in [1.807, 2.05) is 106 Å². The molecule has 1 fully saturated rings. The zero-order valence-corrected chi connectivity index (χ0v) is 19.4. The Balaban J connectivity index is 1.82. The van der Waals surface area contributed by atoms with E-state index in [4.69, 9.17) is 0 Å². The van der Waals surface area contributed by atoms with Crippen molar-refractivity contribution >= 4 is 51.8 Å². The summed E-state index contributed by atoms with van der Waals surface area (Å²) in [6.45, 7) is 2.09. The third-order valence-corrected chi connectivity index (χ3v) is 6.15. The summed E-state index contributed by atoms with van der Waals surface area (Å²) in [4.78, 5) is 18.7. The molecule has 4 rings (SSSR count). The van der Waals surface area contributed by atoms with Crippen molar-refractivity contribution in [2.75, 3.05) is 35.3 Å². The Hall–Kier alpha value is -2.77. The Kier molecular flexibility index (Phi) is 5.82. The van der Waals surface area contributed by atoms with Crippen LogP contribution in [-0.2, 0) is 5.72 Å². The lowest BCUT2D eigenvalue weighted by Gasteiger charge is -2.33. The second-order valence-corrected chi connectivity index (χ2v) is 8.74. The van der Waals surface area contributed by atoms with E-state index in [2.05, 4.69) is 15.9 Å². The fourth-order valence-electron chi connectivity index (χ4n) is 3.85. The Labute approximate surface area is 192 Å². The monoisotopic (exact) mass is 476 g/mol. The third-order valence-electron chi connectivity index (χ3n) is 5.62. The quantitative estimate of drug-likeness (QED) is 0.562. The van der Waals surface area contributed by atoms with Crippen LogP contribution in [0.4, 0.5) is 21.9 Å². The smallest absolute Gasteiger partial charge is 0.331 e. The van der Waals surface area contributed by atoms with Gasteiger partial charge in [-0.25, -0.2) is 4.79 Å². The highest BCUT2D eigenvalue weighted by atomic mass is 79.9. The van der Waals surface area contributed by atoms with Crippen molar-refractivity contribution in [3.05, 3.63) is 82.8 Å². The minimum atomic E-state index is -1.52. The first kappa shape index (κ1) is 21.5. The van der Waals surface area contributed by atoms with Gasteiger partial charge in [0.25, 0.3) is 0 Å². The number of hydrogen-bond acceptors (Lipinski definition) is 3. The van der Waals surface area contributed by atoms with Crippen LogP contribution in [0.2, 0.25) is 6.82 Å². The standard InChI is InChI=1S/C24H24BBrN3O2/c1-25-18-7-11-20(12-8-18)28-16-24(31,17-5-4-6-22(15-17)27(2)3)29(23(28)30)21-13-9-19(26)10-14-21/h4-15,31H,16H2,1-3H3. The maximum absolute atomic E-state index is 13.6. The average molecular weight is 477 g/mol. The number of aliphatic hydroxyl groups is 1. The zero-order valence-electron chi connectivity index (χ0n) is 17.8. The zero-order chi connectivity index (χ0) is 22.2. The highest BCUT2D eigenvalue weighted by Crippen LogP contribution is 2.40. The summed E-state index contributed by atoms with van der Waals surface area (Å²) >= 11 is 3.45. The normalized spacial score (nSPS) is 18.4. The lowest BCUT2D eigenvalue weighted by Crippen LogP contribution is -2.45. The number of rotatable bonds is 5. The van der Waals surface area contributed by atoms with E-state index in [0.29, 0.717) is 11.3 Å². The average Bonchev–Trinajstić information content (AvgIpc) is 3.06. The van der Waals surface area contributed by atoms with E-state index in [-0.39, 0.29) is 12.6 Å². The van der Waals surface area contributed by atoms with E-state index in [9.17, 15) is 9.90 Å². The topological polar surface area (TPSA) is 47.0 Å². The van der Waals surface area contributed by atoms with Gasteiger partial charge in [-0.2, -0.15) is 0 Å². The summed E-state index contributed by atoms with van der Waals surface area (Å²) < 4.78 is 0.907. The van der Waals surface area contributed by atoms with Gasteiger partial charge in [0.2, 0.25) is 0 Å². The molecular weight excluding hydrogens is 453 g/mol. The number of anilines is 3. The molecule has 1 N–H and O–H groups in total. The molecule has 7 heteroatoms. The summed E-state index contributed by atoms with van der Waals surface area (Å²) in [7, 11) is 5.91. The minimum absolute atomic E-state index is 0.119. The van der Waals surface area contributed by atoms with Gasteiger partial charge in [0, 0.05) is 41.2 Å². The molecule has 0 bridgehead atoms. The van der Waals surface area contributed by atoms with Crippen LogP contribution in [0.3, 0.4) is 0 Å². The number of benzene rings is 3. The van der Waals surface area contributed by atoms with Crippen molar-refractivity contribution in [3.63, 3.8) is 0 Å². The number of hydrogen-bond donors (Lipinski definition) is 1. The molecule has 3 aromatic rings. The van der Waals surface area contributed by atoms with Gasteiger partial charge in [-0.3, -0.25) is 9.80 Å². The largest absolute Gasteiger partial charge is 0.378 e. The van der Waals surface area contributed by atoms with Crippen LogP contribution in [0.1, 0.15) is 5.56 Å². The molecule has 1 heterocycles. The fourth-order valence-corrected chi connectivity index (χ4v) is 4.12. The minimum Gasteiger partial charge on any atom is -0.378 e. The SMILES string of the molecule is C[B]c1ccc(N2CC(O)(c3cccc(N(C)C)c3)N(c3ccc(Br)cc3)C2=O)cc1. The van der Waals surface area contributed by atoms with Crippen LogP contribution < -0.4 is 20.2 Å². The predicted octanol–water partition coefficient (Wildman–Crippen LogP) is 4.18. The lowest BCUT2D eigenvalue weighted by molar-refractivity contribution is 0.0656. The molecule has 1 atom stereocenters. The van der Waals surface area contributed by atoms with Gasteiger partial charge in [0.05, 0.1) is 6.54 Å². The van der Waals surface area contributed by atoms with Gasteiger partial charge in [0.1, 0.15) is 7.28 Å². The Morgan fingerprint density at radius 1 is 1.00 bits per heavy atom. The highest BCUT2D eigenvalue weighted by Gasteiger charge is 2.51. The maximum atomic E-state index is 13.6. The maximum Gasteiger partial charge on any atom is 0.331 e. The van der Waals surface area contributed by atoms with Crippen LogP contribution in [0.15, 0.2) is 77.3 Å². The number of amides is 2. The molecule has 1 aliphatic rings. The van der Waals surface area contributed by atoms with Crippen molar-refractivity contribution < 1.29 is 9.90 Å². The molecule has 1 unspecified atom stereocenters. The third kappa shape index (κ3) is 3.95. The fraction of sp³-hybridized carbons (Fsp3) is 0.208. The molecule has 2 amide bonds. The molecule has 157 valence electrons. The highest BCUT2D eigenvalue weighted by molar-refractivity contribution is 9.10. The number of carbonyl (C=O) groups is 1. The molecular formula is C24H24BBrN3O2. The molecule has 0 spiro atoms. The Bertz CT molecular complexity index is 1090. The predicted molar refractivity (Wildman–Crippen MR) is 132 cm³/mol. The molecule has 5 nitrogen and oxygen atoms in total. The number of carbonyl (C=O) groups excluding carboxylic acids is 1. The second kappa shape index (κ2) is 8.40. The lowest BCUT2D eigenvalue weighted by atomic mass is 9.73. The Morgan fingerprint density at radius 3 is 2.26 bits per heavy atom. The summed E-state index contributed by atoms with van der Waals surface area (Å²) in [5.74, 6) is 0. The van der Waals surface area contributed by atoms with Gasteiger partial charge in [-0.1, -0.05) is 52.5 Å². The number of nitrogens with zero attached hydrogens (tertiary/aromatic N) is 3. The number of β-amino-alcohol motifs (C(OH)–C–C–N with tert-alkyl or cyclic N) is 1. The van der Waals surface area contributed by atoms with E-state index >= 15 is 0 Å². The van der Waals surface area contributed by atoms with Crippen molar-refractivity contribution in [2.24, 2.45) is 0 Å². The van der Waals surface area contributed by atoms with Gasteiger partial charge >= 0.3 is 6.03 Å². The molecule has 1 aliphatic heterocycles. The van der Waals surface area contributed by atoms with E-state index < -0.39 is 5.72 Å². The summed E-state index contributed by atoms with van der Waals surface area (Å²) in [5, 5.41) is 12.0. The summed E-state index contributed by atoms with van der Waals surface area (Å²) in [5.41, 5.74) is 2.55. The molecule has 3 aromatic carbocycles. The van der Waals surface area contributed by atoms with Gasteiger partial charge in [0.15, 0.2) is 5.72 Å². The van der Waals surface area contributed by atoms with E-state index in [1.54, 1.807) is 4.90 Å². The van der Waals surface area contributed by atoms with Gasteiger partial charge < -0.3 is 10.0 Å². The molecule has 0 saturated carbocycles. The first-order valence-electron chi connectivity index (χ1n) is 10.1. The molecule has 1 radical (unpaired) electrons. The van der Waals surface area contributed by atoms with Crippen LogP contribution in [0, 0.1) is 0 Å². The molecule has 0 aliphatic carbocycles. The van der Waals surface area contributed by atoms with Crippen LogP contribution in [-0.4, -0.2) is 39.1 Å². The molecule has 0 aromatic heterocycles. The van der Waals surface area contributed by atoms with Crippen LogP contribution in [0.25, 0.3) is 0 Å². The first-order valence-corrected chi connectivity index (χ1v) is 10.9. The van der Waals surface area contributed by atoms with Crippen molar-refractivity contribution in [1.82, 2.24) is 0 Å². The van der Waals surface area contributed by atoms with Crippen molar-refractivity contribution in [2.45, 2.75) is 12.5 Å². The van der Waals surface area contributed by atoms with Crippen LogP contribution in [0.5, 0.6) is 0 Å². The number of halogens is 1. The van der Waals surface area contributed by atoms with Gasteiger partial charge in [-0.15, -0.1) is 0 Å².